The molecule has 0 radical (unpaired) electrons. The maximum Gasteiger partial charge on any atom is 0.242 e. The Morgan fingerprint density at radius 1 is 1.26 bits per heavy atom. The van der Waals surface area contributed by atoms with Crippen LogP contribution in [-0.2, 0) is 9.53 Å². The van der Waals surface area contributed by atoms with Crippen molar-refractivity contribution in [3.63, 3.8) is 0 Å². The van der Waals surface area contributed by atoms with Gasteiger partial charge in [0.2, 0.25) is 5.91 Å². The summed E-state index contributed by atoms with van der Waals surface area (Å²) in [5.41, 5.74) is -0.362. The molecular formula is C12H13F3N2O2. The van der Waals surface area contributed by atoms with E-state index in [1.807, 2.05) is 0 Å². The summed E-state index contributed by atoms with van der Waals surface area (Å²) in [7, 11) is 0. The molecule has 1 amide bonds. The molecule has 7 heteroatoms. The number of anilines is 1. The van der Waals surface area contributed by atoms with E-state index in [1.165, 1.54) is 0 Å². The molecule has 104 valence electrons. The van der Waals surface area contributed by atoms with Gasteiger partial charge in [-0.05, 0) is 0 Å². The van der Waals surface area contributed by atoms with Crippen LogP contribution in [0.25, 0.3) is 0 Å². The van der Waals surface area contributed by atoms with Crippen LogP contribution in [0.2, 0.25) is 0 Å². The lowest BCUT2D eigenvalue weighted by molar-refractivity contribution is -0.133. The maximum atomic E-state index is 13.3. The van der Waals surface area contributed by atoms with E-state index in [9.17, 15) is 18.0 Å². The van der Waals surface area contributed by atoms with Gasteiger partial charge in [-0.3, -0.25) is 4.79 Å². The molecule has 1 aromatic carbocycles. The first-order chi connectivity index (χ1) is 9.08. The van der Waals surface area contributed by atoms with Crippen LogP contribution in [0.1, 0.15) is 0 Å². The molecule has 0 bridgehead atoms. The molecule has 0 saturated carbocycles. The summed E-state index contributed by atoms with van der Waals surface area (Å²) in [5.74, 6) is -3.66. The first-order valence-electron chi connectivity index (χ1n) is 5.82. The van der Waals surface area contributed by atoms with Gasteiger partial charge >= 0.3 is 0 Å². The van der Waals surface area contributed by atoms with Gasteiger partial charge in [-0.15, -0.1) is 0 Å². The quantitative estimate of drug-likeness (QED) is 0.847. The van der Waals surface area contributed by atoms with Crippen LogP contribution in [0.3, 0.4) is 0 Å². The molecule has 0 unspecified atom stereocenters. The number of morpholine rings is 1. The number of hydrogen-bond donors (Lipinski definition) is 1. The van der Waals surface area contributed by atoms with E-state index >= 15 is 0 Å². The van der Waals surface area contributed by atoms with Gasteiger partial charge in [0.15, 0.2) is 11.6 Å². The highest BCUT2D eigenvalue weighted by molar-refractivity contribution is 5.81. The fraction of sp³-hybridized carbons (Fsp3) is 0.417. The third-order valence-electron chi connectivity index (χ3n) is 2.79. The molecule has 0 spiro atoms. The van der Waals surface area contributed by atoms with Crippen molar-refractivity contribution in [3.8, 4) is 0 Å². The van der Waals surface area contributed by atoms with Crippen LogP contribution in [0, 0.1) is 17.5 Å². The zero-order valence-electron chi connectivity index (χ0n) is 10.1. The van der Waals surface area contributed by atoms with E-state index in [0.717, 1.165) is 6.07 Å². The van der Waals surface area contributed by atoms with Crippen molar-refractivity contribution in [1.82, 2.24) is 4.90 Å². The standard InChI is InChI=1S/C12H13F3N2O2/c13-8-5-9(14)12(15)10(6-8)16-7-11(18)17-1-3-19-4-2-17/h5-6,16H,1-4,7H2. The summed E-state index contributed by atoms with van der Waals surface area (Å²) in [6.07, 6.45) is 0. The first kappa shape index (κ1) is 13.7. The van der Waals surface area contributed by atoms with Gasteiger partial charge < -0.3 is 15.0 Å². The molecule has 1 saturated heterocycles. The molecule has 0 atom stereocenters. The van der Waals surface area contributed by atoms with E-state index < -0.39 is 17.5 Å². The largest absolute Gasteiger partial charge is 0.378 e. The summed E-state index contributed by atoms with van der Waals surface area (Å²) in [6, 6.07) is 1.26. The van der Waals surface area contributed by atoms with Crippen molar-refractivity contribution < 1.29 is 22.7 Å². The number of carbonyl (C=O) groups is 1. The van der Waals surface area contributed by atoms with E-state index in [0.29, 0.717) is 32.4 Å². The second-order valence-corrected chi connectivity index (χ2v) is 4.10. The summed E-state index contributed by atoms with van der Waals surface area (Å²) >= 11 is 0. The zero-order valence-corrected chi connectivity index (χ0v) is 10.1. The monoisotopic (exact) mass is 274 g/mol. The highest BCUT2D eigenvalue weighted by atomic mass is 19.2. The smallest absolute Gasteiger partial charge is 0.242 e. The minimum atomic E-state index is -1.29. The van der Waals surface area contributed by atoms with E-state index in [2.05, 4.69) is 5.32 Å². The maximum absolute atomic E-state index is 13.3. The van der Waals surface area contributed by atoms with Crippen molar-refractivity contribution in [3.05, 3.63) is 29.6 Å². The third-order valence-corrected chi connectivity index (χ3v) is 2.79. The van der Waals surface area contributed by atoms with Gasteiger partial charge in [-0.1, -0.05) is 0 Å². The van der Waals surface area contributed by atoms with Crippen molar-refractivity contribution in [2.24, 2.45) is 0 Å². The highest BCUT2D eigenvalue weighted by Gasteiger charge is 2.17. The molecule has 4 nitrogen and oxygen atoms in total. The van der Waals surface area contributed by atoms with Crippen LogP contribution in [0.15, 0.2) is 12.1 Å². The third kappa shape index (κ3) is 3.37. The van der Waals surface area contributed by atoms with Crippen molar-refractivity contribution in [1.29, 1.82) is 0 Å². The van der Waals surface area contributed by atoms with Gasteiger partial charge in [0.1, 0.15) is 5.82 Å². The number of carbonyl (C=O) groups excluding carboxylic acids is 1. The summed E-state index contributed by atoms with van der Waals surface area (Å²) in [5, 5.41) is 2.40. The van der Waals surface area contributed by atoms with Crippen molar-refractivity contribution >= 4 is 11.6 Å². The SMILES string of the molecule is O=C(CNc1cc(F)cc(F)c1F)N1CCOCC1. The second kappa shape index (κ2) is 5.92. The van der Waals surface area contributed by atoms with Crippen LogP contribution < -0.4 is 5.32 Å². The van der Waals surface area contributed by atoms with Crippen molar-refractivity contribution in [2.45, 2.75) is 0 Å². The lowest BCUT2D eigenvalue weighted by Crippen LogP contribution is -2.43. The molecule has 1 aliphatic rings. The lowest BCUT2D eigenvalue weighted by Gasteiger charge is -2.27. The Hall–Kier alpha value is -1.76. The molecular weight excluding hydrogens is 261 g/mol. The fourth-order valence-corrected chi connectivity index (χ4v) is 1.78. The predicted octanol–water partition coefficient (Wildman–Crippen LogP) is 1.37. The van der Waals surface area contributed by atoms with E-state index in [1.54, 1.807) is 4.90 Å². The van der Waals surface area contributed by atoms with Crippen LogP contribution in [0.5, 0.6) is 0 Å². The Morgan fingerprint density at radius 2 is 1.95 bits per heavy atom. The second-order valence-electron chi connectivity index (χ2n) is 4.10. The molecule has 1 N–H and O–H groups in total. The predicted molar refractivity (Wildman–Crippen MR) is 62.2 cm³/mol. The molecule has 1 aliphatic heterocycles. The molecule has 1 heterocycles. The number of hydrogen-bond acceptors (Lipinski definition) is 3. The van der Waals surface area contributed by atoms with E-state index in [4.69, 9.17) is 4.74 Å². The van der Waals surface area contributed by atoms with E-state index in [-0.39, 0.29) is 18.1 Å². The Morgan fingerprint density at radius 3 is 2.63 bits per heavy atom. The Kier molecular flexibility index (Phi) is 4.26. The molecule has 0 aliphatic carbocycles. The summed E-state index contributed by atoms with van der Waals surface area (Å²) < 4.78 is 44.3. The number of nitrogens with zero attached hydrogens (tertiary/aromatic N) is 1. The Bertz CT molecular complexity index is 476. The van der Waals surface area contributed by atoms with Crippen LogP contribution in [0.4, 0.5) is 18.9 Å². The highest BCUT2D eigenvalue weighted by Crippen LogP contribution is 2.18. The number of ether oxygens (including phenoxy) is 1. The number of halogens is 3. The number of amides is 1. The average molecular weight is 274 g/mol. The fourth-order valence-electron chi connectivity index (χ4n) is 1.78. The minimum Gasteiger partial charge on any atom is -0.378 e. The van der Waals surface area contributed by atoms with Gasteiger partial charge in [0.25, 0.3) is 0 Å². The van der Waals surface area contributed by atoms with Gasteiger partial charge in [-0.2, -0.15) is 0 Å². The number of nitrogens with one attached hydrogen (secondary N) is 1. The van der Waals surface area contributed by atoms with Gasteiger partial charge in [0, 0.05) is 25.2 Å². The number of rotatable bonds is 3. The summed E-state index contributed by atoms with van der Waals surface area (Å²) in [4.78, 5) is 13.3. The van der Waals surface area contributed by atoms with Gasteiger partial charge in [-0.25, -0.2) is 13.2 Å². The zero-order chi connectivity index (χ0) is 13.8. The summed E-state index contributed by atoms with van der Waals surface area (Å²) in [6.45, 7) is 1.60. The topological polar surface area (TPSA) is 41.6 Å². The molecule has 1 aromatic rings. The molecule has 1 fully saturated rings. The normalized spacial score (nSPS) is 15.4. The molecule has 2 rings (SSSR count). The molecule has 19 heavy (non-hydrogen) atoms. The number of benzene rings is 1. The lowest BCUT2D eigenvalue weighted by atomic mass is 10.2. The minimum absolute atomic E-state index is 0.222. The first-order valence-corrected chi connectivity index (χ1v) is 5.82. The van der Waals surface area contributed by atoms with Crippen LogP contribution >= 0.6 is 0 Å². The van der Waals surface area contributed by atoms with Crippen molar-refractivity contribution in [2.75, 3.05) is 38.2 Å². The van der Waals surface area contributed by atoms with Crippen LogP contribution in [-0.4, -0.2) is 43.7 Å². The Balaban J connectivity index is 1.96. The van der Waals surface area contributed by atoms with Gasteiger partial charge in [0.05, 0.1) is 25.4 Å². The molecule has 0 aromatic heterocycles. The Labute approximate surface area is 108 Å². The average Bonchev–Trinajstić information content (AvgIpc) is 2.41.